The van der Waals surface area contributed by atoms with E-state index in [1.165, 1.54) is 5.56 Å². The molecular formula is C14H17N3O. The summed E-state index contributed by atoms with van der Waals surface area (Å²) in [6.07, 6.45) is 3.65. The maximum Gasteiger partial charge on any atom is 0.121 e. The van der Waals surface area contributed by atoms with Gasteiger partial charge in [0.1, 0.15) is 5.75 Å². The molecule has 4 nitrogen and oxygen atoms in total. The Morgan fingerprint density at radius 1 is 1.33 bits per heavy atom. The molecule has 0 amide bonds. The minimum Gasteiger partial charge on any atom is -0.497 e. The summed E-state index contributed by atoms with van der Waals surface area (Å²) >= 11 is 0. The molecule has 0 fully saturated rings. The van der Waals surface area contributed by atoms with E-state index >= 15 is 0 Å². The number of nitrogens with two attached hydrogens (primary N) is 1. The van der Waals surface area contributed by atoms with Gasteiger partial charge in [-0.1, -0.05) is 0 Å². The van der Waals surface area contributed by atoms with Gasteiger partial charge in [-0.25, -0.2) is 0 Å². The topological polar surface area (TPSA) is 60.2 Å². The number of aromatic nitrogens is 1. The number of benzene rings is 1. The Labute approximate surface area is 107 Å². The normalized spacial score (nSPS) is 10.1. The van der Waals surface area contributed by atoms with Gasteiger partial charge in [0.2, 0.25) is 0 Å². The second kappa shape index (κ2) is 5.40. The average molecular weight is 243 g/mol. The number of methoxy groups -OCH3 is 1. The number of pyridine rings is 1. The Balaban J connectivity index is 2.09. The minimum atomic E-state index is 0.682. The second-order valence-electron chi connectivity index (χ2n) is 4.11. The van der Waals surface area contributed by atoms with E-state index in [1.807, 2.05) is 37.4 Å². The first-order valence-corrected chi connectivity index (χ1v) is 5.77. The fourth-order valence-corrected chi connectivity index (χ4v) is 1.72. The molecule has 1 heterocycles. The van der Waals surface area contributed by atoms with Crippen LogP contribution in [0.1, 0.15) is 11.1 Å². The lowest BCUT2D eigenvalue weighted by molar-refractivity contribution is 0.415. The zero-order valence-corrected chi connectivity index (χ0v) is 10.6. The third-order valence-corrected chi connectivity index (χ3v) is 2.86. The van der Waals surface area contributed by atoms with E-state index in [0.717, 1.165) is 23.5 Å². The highest BCUT2D eigenvalue weighted by Crippen LogP contribution is 2.24. The molecule has 2 aromatic rings. The molecular weight excluding hydrogens is 226 g/mol. The lowest BCUT2D eigenvalue weighted by Gasteiger charge is -2.11. The molecule has 94 valence electrons. The van der Waals surface area contributed by atoms with Gasteiger partial charge in [-0.2, -0.15) is 0 Å². The summed E-state index contributed by atoms with van der Waals surface area (Å²) in [5, 5.41) is 3.31. The van der Waals surface area contributed by atoms with E-state index in [0.29, 0.717) is 5.69 Å². The molecule has 2 rings (SSSR count). The lowest BCUT2D eigenvalue weighted by atomic mass is 10.1. The van der Waals surface area contributed by atoms with E-state index < -0.39 is 0 Å². The smallest absolute Gasteiger partial charge is 0.121 e. The van der Waals surface area contributed by atoms with Crippen molar-refractivity contribution in [3.63, 3.8) is 0 Å². The minimum absolute atomic E-state index is 0.682. The zero-order chi connectivity index (χ0) is 13.0. The predicted octanol–water partition coefficient (Wildman–Crippen LogP) is 2.59. The molecule has 0 aliphatic heterocycles. The first kappa shape index (κ1) is 12.2. The van der Waals surface area contributed by atoms with Gasteiger partial charge in [0.15, 0.2) is 0 Å². The van der Waals surface area contributed by atoms with Crippen LogP contribution < -0.4 is 15.8 Å². The van der Waals surface area contributed by atoms with Crippen LogP contribution in [0.5, 0.6) is 5.75 Å². The predicted molar refractivity (Wildman–Crippen MR) is 73.7 cm³/mol. The fourth-order valence-electron chi connectivity index (χ4n) is 1.72. The number of rotatable bonds is 4. The van der Waals surface area contributed by atoms with Crippen LogP contribution in [0, 0.1) is 6.92 Å². The summed E-state index contributed by atoms with van der Waals surface area (Å²) in [5.74, 6) is 0.762. The van der Waals surface area contributed by atoms with Gasteiger partial charge < -0.3 is 15.8 Å². The van der Waals surface area contributed by atoms with Gasteiger partial charge in [-0.15, -0.1) is 0 Å². The van der Waals surface area contributed by atoms with Crippen LogP contribution in [-0.2, 0) is 6.54 Å². The highest BCUT2D eigenvalue weighted by atomic mass is 16.5. The molecule has 18 heavy (non-hydrogen) atoms. The van der Waals surface area contributed by atoms with E-state index in [-0.39, 0.29) is 0 Å². The number of nitrogens with zero attached hydrogens (tertiary/aromatic N) is 1. The number of nitrogens with one attached hydrogen (secondary N) is 1. The number of hydrogen-bond donors (Lipinski definition) is 2. The van der Waals surface area contributed by atoms with Crippen molar-refractivity contribution in [1.82, 2.24) is 4.98 Å². The van der Waals surface area contributed by atoms with Gasteiger partial charge in [-0.3, -0.25) is 4.98 Å². The first-order chi connectivity index (χ1) is 8.70. The number of ether oxygens (including phenoxy) is 1. The third kappa shape index (κ3) is 2.71. The Kier molecular flexibility index (Phi) is 3.67. The number of anilines is 2. The summed E-state index contributed by atoms with van der Waals surface area (Å²) in [6, 6.07) is 7.62. The summed E-state index contributed by atoms with van der Waals surface area (Å²) in [7, 11) is 1.63. The summed E-state index contributed by atoms with van der Waals surface area (Å²) in [6.45, 7) is 2.77. The van der Waals surface area contributed by atoms with Crippen molar-refractivity contribution in [3.8, 4) is 5.75 Å². The Morgan fingerprint density at radius 2 is 2.17 bits per heavy atom. The van der Waals surface area contributed by atoms with Gasteiger partial charge >= 0.3 is 0 Å². The second-order valence-corrected chi connectivity index (χ2v) is 4.11. The number of hydrogen-bond acceptors (Lipinski definition) is 4. The van der Waals surface area contributed by atoms with Crippen molar-refractivity contribution in [3.05, 3.63) is 47.8 Å². The molecule has 3 N–H and O–H groups in total. The molecule has 0 radical (unpaired) electrons. The lowest BCUT2D eigenvalue weighted by Crippen LogP contribution is -2.04. The maximum atomic E-state index is 5.94. The number of aryl methyl sites for hydroxylation is 1. The fraction of sp³-hybridized carbons (Fsp3) is 0.214. The van der Waals surface area contributed by atoms with Crippen molar-refractivity contribution >= 4 is 11.4 Å². The molecule has 1 aromatic heterocycles. The van der Waals surface area contributed by atoms with Crippen LogP contribution in [0.15, 0.2) is 36.7 Å². The molecule has 0 bridgehead atoms. The van der Waals surface area contributed by atoms with Crippen molar-refractivity contribution in [1.29, 1.82) is 0 Å². The van der Waals surface area contributed by atoms with Gasteiger partial charge in [0.25, 0.3) is 0 Å². The highest BCUT2D eigenvalue weighted by Gasteiger charge is 2.02. The molecule has 0 spiro atoms. The van der Waals surface area contributed by atoms with E-state index in [9.17, 15) is 0 Å². The SMILES string of the molecule is COc1ccc(NCc2ccncc2C)c(N)c1. The van der Waals surface area contributed by atoms with Gasteiger partial charge in [-0.05, 0) is 36.2 Å². The van der Waals surface area contributed by atoms with Crippen LogP contribution in [0.4, 0.5) is 11.4 Å². The molecule has 0 aliphatic rings. The first-order valence-electron chi connectivity index (χ1n) is 5.77. The standard InChI is InChI=1S/C14H17N3O/c1-10-8-16-6-5-11(10)9-17-14-4-3-12(18-2)7-13(14)15/h3-8,17H,9,15H2,1-2H3. The largest absolute Gasteiger partial charge is 0.497 e. The molecule has 0 atom stereocenters. The molecule has 0 saturated heterocycles. The van der Waals surface area contributed by atoms with Gasteiger partial charge in [0, 0.05) is 25.0 Å². The summed E-state index contributed by atoms with van der Waals surface area (Å²) < 4.78 is 5.12. The van der Waals surface area contributed by atoms with Crippen LogP contribution in [-0.4, -0.2) is 12.1 Å². The average Bonchev–Trinajstić information content (AvgIpc) is 2.39. The van der Waals surface area contributed by atoms with Crippen LogP contribution in [0.25, 0.3) is 0 Å². The Bertz CT molecular complexity index is 540. The van der Waals surface area contributed by atoms with Crippen molar-refractivity contribution in [2.75, 3.05) is 18.2 Å². The third-order valence-electron chi connectivity index (χ3n) is 2.86. The molecule has 0 unspecified atom stereocenters. The van der Waals surface area contributed by atoms with E-state index in [1.54, 1.807) is 13.3 Å². The summed E-state index contributed by atoms with van der Waals surface area (Å²) in [4.78, 5) is 4.07. The monoisotopic (exact) mass is 243 g/mol. The van der Waals surface area contributed by atoms with Gasteiger partial charge in [0.05, 0.1) is 18.5 Å². The summed E-state index contributed by atoms with van der Waals surface area (Å²) in [5.41, 5.74) is 9.91. The van der Waals surface area contributed by atoms with Crippen molar-refractivity contribution in [2.24, 2.45) is 0 Å². The van der Waals surface area contributed by atoms with E-state index in [2.05, 4.69) is 10.3 Å². The zero-order valence-electron chi connectivity index (χ0n) is 10.6. The molecule has 0 aliphatic carbocycles. The van der Waals surface area contributed by atoms with Crippen molar-refractivity contribution in [2.45, 2.75) is 13.5 Å². The Hall–Kier alpha value is -2.23. The highest BCUT2D eigenvalue weighted by molar-refractivity contribution is 5.68. The van der Waals surface area contributed by atoms with Crippen molar-refractivity contribution < 1.29 is 4.74 Å². The Morgan fingerprint density at radius 3 is 2.83 bits per heavy atom. The van der Waals surface area contributed by atoms with Crippen LogP contribution >= 0.6 is 0 Å². The molecule has 0 saturated carbocycles. The molecule has 1 aromatic carbocycles. The number of nitrogen functional groups attached to an aromatic ring is 1. The van der Waals surface area contributed by atoms with Crippen LogP contribution in [0.2, 0.25) is 0 Å². The van der Waals surface area contributed by atoms with E-state index in [4.69, 9.17) is 10.5 Å². The maximum absolute atomic E-state index is 5.94. The quantitative estimate of drug-likeness (QED) is 0.810. The van der Waals surface area contributed by atoms with Crippen LogP contribution in [0.3, 0.4) is 0 Å². The molecule has 4 heteroatoms.